The van der Waals surface area contributed by atoms with E-state index < -0.39 is 24.2 Å². The molecule has 0 saturated carbocycles. The van der Waals surface area contributed by atoms with Crippen molar-refractivity contribution in [2.45, 2.75) is 44.8 Å². The summed E-state index contributed by atoms with van der Waals surface area (Å²) in [5.41, 5.74) is 0.300. The average Bonchev–Trinajstić information content (AvgIpc) is 2.58. The van der Waals surface area contributed by atoms with E-state index in [9.17, 15) is 4.39 Å². The molecular weight excluding hydrogens is 289 g/mol. The number of aromatic nitrogens is 1. The predicted octanol–water partition coefficient (Wildman–Crippen LogP) is 2.29. The van der Waals surface area contributed by atoms with Gasteiger partial charge in [-0.05, 0) is 45.3 Å². The van der Waals surface area contributed by atoms with Gasteiger partial charge in [-0.3, -0.25) is 0 Å². The number of halogens is 1. The largest absolute Gasteiger partial charge is 0.495 e. The van der Waals surface area contributed by atoms with Crippen molar-refractivity contribution in [3.63, 3.8) is 0 Å². The van der Waals surface area contributed by atoms with Crippen LogP contribution in [0.3, 0.4) is 0 Å². The van der Waals surface area contributed by atoms with Crippen LogP contribution in [-0.4, -0.2) is 37.4 Å². The number of hydrogen-bond acceptors (Lipinski definition) is 4. The maximum Gasteiger partial charge on any atom is 0.495 e. The molecule has 2 atom stereocenters. The third-order valence-corrected chi connectivity index (χ3v) is 4.46. The molecule has 0 spiro atoms. The van der Waals surface area contributed by atoms with Gasteiger partial charge < -0.3 is 14.2 Å². The number of hydrogen-bond donors (Lipinski definition) is 0. The molecule has 0 amide bonds. The summed E-state index contributed by atoms with van der Waals surface area (Å²) in [7, 11) is 5.35. The van der Waals surface area contributed by atoms with Gasteiger partial charge in [-0.25, -0.2) is 9.37 Å². The Bertz CT molecular complexity index is 495. The second-order valence-corrected chi connectivity index (χ2v) is 7.15. The number of rotatable bonds is 3. The Labute approximate surface area is 128 Å². The molecule has 2 rings (SSSR count). The minimum atomic E-state index is -1.22. The van der Waals surface area contributed by atoms with E-state index >= 15 is 0 Å². The van der Waals surface area contributed by atoms with Crippen molar-refractivity contribution in [1.29, 1.82) is 0 Å². The highest BCUT2D eigenvalue weighted by Gasteiger charge is 2.51. The third kappa shape index (κ3) is 3.23. The lowest BCUT2D eigenvalue weighted by Gasteiger charge is -2.32. The molecule has 2 unspecified atom stereocenters. The van der Waals surface area contributed by atoms with Crippen molar-refractivity contribution in [2.24, 2.45) is 0 Å². The van der Waals surface area contributed by atoms with E-state index in [2.05, 4.69) is 14.2 Å². The van der Waals surface area contributed by atoms with Crippen LogP contribution in [-0.2, 0) is 9.31 Å². The molecule has 1 saturated heterocycles. The summed E-state index contributed by atoms with van der Waals surface area (Å²) in [5, 5.41) is 0. The van der Waals surface area contributed by atoms with E-state index in [-0.39, 0.29) is 0 Å². The number of pyridine rings is 1. The van der Waals surface area contributed by atoms with Gasteiger partial charge in [0, 0.05) is 14.1 Å². The molecule has 0 bridgehead atoms. The summed E-state index contributed by atoms with van der Waals surface area (Å²) < 4.78 is 25.7. The molecule has 1 aliphatic rings. The van der Waals surface area contributed by atoms with Gasteiger partial charge in [0.2, 0.25) is 0 Å². The first-order valence-corrected chi connectivity index (χ1v) is 7.65. The normalized spacial score (nSPS) is 21.4. The molecule has 7 heteroatoms. The molecule has 0 aromatic carbocycles. The zero-order valence-corrected chi connectivity index (χ0v) is 14.6. The lowest BCUT2D eigenvalue weighted by atomic mass is 9.79. The summed E-state index contributed by atoms with van der Waals surface area (Å²) in [6.45, 7) is 7.98. The Hall–Kier alpha value is -0.705. The third-order valence-electron chi connectivity index (χ3n) is 4.12. The molecule has 2 heterocycles. The smallest absolute Gasteiger partial charge is 0.399 e. The van der Waals surface area contributed by atoms with Crippen LogP contribution in [0.15, 0.2) is 12.1 Å². The Kier molecular flexibility index (Phi) is 4.36. The maximum absolute atomic E-state index is 13.6. The lowest BCUT2D eigenvalue weighted by molar-refractivity contribution is 0.00578. The fourth-order valence-corrected chi connectivity index (χ4v) is 2.21. The van der Waals surface area contributed by atoms with Gasteiger partial charge in [0.05, 0.1) is 16.9 Å². The Morgan fingerprint density at radius 2 is 1.71 bits per heavy atom. The van der Waals surface area contributed by atoms with Gasteiger partial charge in [0.15, 0.2) is 5.91 Å². The van der Waals surface area contributed by atoms with Crippen molar-refractivity contribution in [2.75, 3.05) is 19.0 Å². The van der Waals surface area contributed by atoms with Crippen LogP contribution >= 0.6 is 9.24 Å². The van der Waals surface area contributed by atoms with Crippen LogP contribution < -0.4 is 10.4 Å². The van der Waals surface area contributed by atoms with Gasteiger partial charge in [-0.1, -0.05) is 9.24 Å². The summed E-state index contributed by atoms with van der Waals surface area (Å²) in [4.78, 5) is 6.13. The minimum Gasteiger partial charge on any atom is -0.399 e. The van der Waals surface area contributed by atoms with E-state index in [1.807, 2.05) is 52.8 Å². The monoisotopic (exact) mass is 312 g/mol. The first-order chi connectivity index (χ1) is 9.53. The van der Waals surface area contributed by atoms with Crippen molar-refractivity contribution in [3.8, 4) is 0 Å². The molecule has 21 heavy (non-hydrogen) atoms. The zero-order chi connectivity index (χ0) is 16.0. The number of alkyl halides is 1. The molecule has 1 aromatic rings. The van der Waals surface area contributed by atoms with Gasteiger partial charge in [-0.2, -0.15) is 0 Å². The Balaban J connectivity index is 2.41. The fraction of sp³-hybridized carbons (Fsp3) is 0.643. The highest BCUT2D eigenvalue weighted by molar-refractivity contribution is 7.16. The molecule has 1 fully saturated rings. The molecule has 0 radical (unpaired) electrons. The highest BCUT2D eigenvalue weighted by atomic mass is 31.0. The van der Waals surface area contributed by atoms with E-state index in [1.54, 1.807) is 6.07 Å². The van der Waals surface area contributed by atoms with Crippen LogP contribution in [0.25, 0.3) is 0 Å². The first kappa shape index (κ1) is 16.7. The Morgan fingerprint density at radius 1 is 1.19 bits per heavy atom. The summed E-state index contributed by atoms with van der Waals surface area (Å²) >= 11 is 0. The summed E-state index contributed by atoms with van der Waals surface area (Å²) in [6, 6.07) is 3.57. The van der Waals surface area contributed by atoms with Crippen LogP contribution in [0, 0.1) is 0 Å². The maximum atomic E-state index is 13.6. The topological polar surface area (TPSA) is 34.6 Å². The van der Waals surface area contributed by atoms with Crippen LogP contribution in [0.1, 0.15) is 39.3 Å². The van der Waals surface area contributed by atoms with Crippen LogP contribution in [0.2, 0.25) is 0 Å². The molecule has 1 aliphatic heterocycles. The highest BCUT2D eigenvalue weighted by Crippen LogP contribution is 2.37. The molecule has 1 aromatic heterocycles. The van der Waals surface area contributed by atoms with Gasteiger partial charge in [0.25, 0.3) is 0 Å². The quantitative estimate of drug-likeness (QED) is 0.633. The molecule has 0 N–H and O–H groups in total. The minimum absolute atomic E-state index is 0.357. The van der Waals surface area contributed by atoms with Crippen molar-refractivity contribution < 1.29 is 13.7 Å². The van der Waals surface area contributed by atoms with Crippen molar-refractivity contribution >= 4 is 27.6 Å². The summed E-state index contributed by atoms with van der Waals surface area (Å²) in [6.07, 6.45) is 0. The van der Waals surface area contributed by atoms with E-state index in [0.29, 0.717) is 11.5 Å². The SMILES string of the molecule is CN(C)c1cc(B2OC(C)(C)C(C)(C)O2)cc(C(F)P)n1. The molecule has 116 valence electrons. The molecule has 4 nitrogen and oxygen atoms in total. The average molecular weight is 312 g/mol. The fourth-order valence-electron chi connectivity index (χ4n) is 2.04. The van der Waals surface area contributed by atoms with Gasteiger partial charge >= 0.3 is 7.12 Å². The standard InChI is InChI=1S/C14H23BFN2O2P/c1-13(2)14(3,4)20-15(19-13)9-7-10(12(16)21)17-11(8-9)18(5)6/h7-8,12H,21H2,1-6H3. The van der Waals surface area contributed by atoms with E-state index in [4.69, 9.17) is 9.31 Å². The van der Waals surface area contributed by atoms with E-state index in [1.165, 1.54) is 0 Å². The lowest BCUT2D eigenvalue weighted by Crippen LogP contribution is -2.41. The van der Waals surface area contributed by atoms with Crippen LogP contribution in [0.4, 0.5) is 10.2 Å². The van der Waals surface area contributed by atoms with E-state index in [0.717, 1.165) is 5.46 Å². The van der Waals surface area contributed by atoms with Gasteiger partial charge in [0.1, 0.15) is 5.82 Å². The van der Waals surface area contributed by atoms with Gasteiger partial charge in [-0.15, -0.1) is 0 Å². The number of nitrogens with zero attached hydrogens (tertiary/aromatic N) is 2. The zero-order valence-electron chi connectivity index (χ0n) is 13.5. The summed E-state index contributed by atoms with van der Waals surface area (Å²) in [5.74, 6) is -0.534. The van der Waals surface area contributed by atoms with Crippen molar-refractivity contribution in [1.82, 2.24) is 4.98 Å². The predicted molar refractivity (Wildman–Crippen MR) is 87.8 cm³/mol. The molecular formula is C14H23BFN2O2P. The molecule has 0 aliphatic carbocycles. The number of anilines is 1. The second kappa shape index (κ2) is 5.49. The second-order valence-electron chi connectivity index (χ2n) is 6.57. The van der Waals surface area contributed by atoms with Crippen molar-refractivity contribution in [3.05, 3.63) is 17.8 Å². The van der Waals surface area contributed by atoms with Crippen LogP contribution in [0.5, 0.6) is 0 Å². The first-order valence-electron chi connectivity index (χ1n) is 6.98. The Morgan fingerprint density at radius 3 is 2.14 bits per heavy atom.